The number of ether oxygens (including phenoxy) is 3. The molecule has 1 N–H and O–H groups in total. The molecular formula is C22H28N2O4. The highest BCUT2D eigenvalue weighted by Gasteiger charge is 2.20. The fraction of sp³-hybridized carbons (Fsp3) is 0.455. The van der Waals surface area contributed by atoms with Crippen LogP contribution in [0.25, 0.3) is 0 Å². The molecular weight excluding hydrogens is 356 g/mol. The summed E-state index contributed by atoms with van der Waals surface area (Å²) in [5.74, 6) is 2.47. The van der Waals surface area contributed by atoms with Crippen molar-refractivity contribution in [2.45, 2.75) is 19.6 Å². The Labute approximate surface area is 166 Å². The second kappa shape index (κ2) is 8.82. The minimum atomic E-state index is -0.485. The molecule has 2 heterocycles. The van der Waals surface area contributed by atoms with Crippen LogP contribution in [0.3, 0.4) is 0 Å². The van der Waals surface area contributed by atoms with Crippen molar-refractivity contribution >= 4 is 0 Å². The molecule has 150 valence electrons. The van der Waals surface area contributed by atoms with E-state index in [0.29, 0.717) is 19.9 Å². The van der Waals surface area contributed by atoms with Crippen LogP contribution in [0.2, 0.25) is 0 Å². The van der Waals surface area contributed by atoms with Crippen LogP contribution in [-0.2, 0) is 6.54 Å². The van der Waals surface area contributed by atoms with E-state index in [2.05, 4.69) is 21.9 Å². The summed E-state index contributed by atoms with van der Waals surface area (Å²) in [6, 6.07) is 14.1. The standard InChI is InChI=1S/C22H28N2O4/c1-17-2-5-20(6-3-17)26-15-19(25)14-24-10-8-23(9-11-24)13-18-4-7-21-22(12-18)28-16-27-21/h2-7,12,19,25H,8-11,13-16H2,1H3/t19-/m1/s1. The maximum Gasteiger partial charge on any atom is 0.231 e. The lowest BCUT2D eigenvalue weighted by Crippen LogP contribution is -2.48. The number of β-amino-alcohol motifs (C(OH)–C–C–N with tert-alkyl or cyclic N) is 1. The maximum absolute atomic E-state index is 10.3. The summed E-state index contributed by atoms with van der Waals surface area (Å²) in [5.41, 5.74) is 2.44. The summed E-state index contributed by atoms with van der Waals surface area (Å²) >= 11 is 0. The van der Waals surface area contributed by atoms with E-state index in [1.807, 2.05) is 37.3 Å². The van der Waals surface area contributed by atoms with Crippen LogP contribution >= 0.6 is 0 Å². The number of benzene rings is 2. The number of piperazine rings is 1. The number of hydrogen-bond donors (Lipinski definition) is 1. The van der Waals surface area contributed by atoms with E-state index in [1.165, 1.54) is 11.1 Å². The zero-order valence-corrected chi connectivity index (χ0v) is 16.3. The van der Waals surface area contributed by atoms with Crippen molar-refractivity contribution in [1.82, 2.24) is 9.80 Å². The SMILES string of the molecule is Cc1ccc(OC[C@H](O)CN2CCN(Cc3ccc4c(c3)OCO4)CC2)cc1. The Hall–Kier alpha value is -2.28. The molecule has 6 nitrogen and oxygen atoms in total. The zero-order chi connectivity index (χ0) is 19.3. The molecule has 0 saturated carbocycles. The first-order chi connectivity index (χ1) is 13.7. The van der Waals surface area contributed by atoms with Gasteiger partial charge in [-0.3, -0.25) is 9.80 Å². The molecule has 0 unspecified atom stereocenters. The number of fused-ring (bicyclic) bond motifs is 1. The van der Waals surface area contributed by atoms with E-state index in [9.17, 15) is 5.11 Å². The van der Waals surface area contributed by atoms with Gasteiger partial charge in [-0.05, 0) is 36.8 Å². The lowest BCUT2D eigenvalue weighted by Gasteiger charge is -2.35. The molecule has 6 heteroatoms. The van der Waals surface area contributed by atoms with Crippen LogP contribution < -0.4 is 14.2 Å². The number of aliphatic hydroxyl groups excluding tert-OH is 1. The second-order valence-electron chi connectivity index (χ2n) is 7.54. The van der Waals surface area contributed by atoms with Crippen molar-refractivity contribution < 1.29 is 19.3 Å². The Balaban J connectivity index is 1.18. The van der Waals surface area contributed by atoms with Gasteiger partial charge in [0.25, 0.3) is 0 Å². The third-order valence-electron chi connectivity index (χ3n) is 5.24. The maximum atomic E-state index is 10.3. The van der Waals surface area contributed by atoms with Gasteiger partial charge in [-0.15, -0.1) is 0 Å². The molecule has 1 atom stereocenters. The summed E-state index contributed by atoms with van der Waals surface area (Å²) in [5, 5.41) is 10.3. The Bertz CT molecular complexity index is 773. The Morgan fingerprint density at radius 1 is 0.964 bits per heavy atom. The molecule has 0 bridgehead atoms. The smallest absolute Gasteiger partial charge is 0.231 e. The largest absolute Gasteiger partial charge is 0.491 e. The van der Waals surface area contributed by atoms with E-state index < -0.39 is 6.10 Å². The van der Waals surface area contributed by atoms with Crippen LogP contribution in [0.15, 0.2) is 42.5 Å². The van der Waals surface area contributed by atoms with Crippen LogP contribution in [-0.4, -0.2) is 67.1 Å². The molecule has 1 saturated heterocycles. The zero-order valence-electron chi connectivity index (χ0n) is 16.3. The monoisotopic (exact) mass is 384 g/mol. The highest BCUT2D eigenvalue weighted by atomic mass is 16.7. The second-order valence-corrected chi connectivity index (χ2v) is 7.54. The van der Waals surface area contributed by atoms with Crippen LogP contribution in [0.4, 0.5) is 0 Å². The minimum Gasteiger partial charge on any atom is -0.491 e. The lowest BCUT2D eigenvalue weighted by molar-refractivity contribution is 0.0446. The highest BCUT2D eigenvalue weighted by Crippen LogP contribution is 2.32. The molecule has 0 amide bonds. The molecule has 28 heavy (non-hydrogen) atoms. The fourth-order valence-electron chi connectivity index (χ4n) is 3.61. The third kappa shape index (κ3) is 4.95. The molecule has 2 aromatic rings. The number of aliphatic hydroxyl groups is 1. The van der Waals surface area contributed by atoms with E-state index in [0.717, 1.165) is 50.0 Å². The van der Waals surface area contributed by atoms with Crippen molar-refractivity contribution in [1.29, 1.82) is 0 Å². The van der Waals surface area contributed by atoms with Gasteiger partial charge >= 0.3 is 0 Å². The average molecular weight is 384 g/mol. The van der Waals surface area contributed by atoms with Crippen LogP contribution in [0, 0.1) is 6.92 Å². The van der Waals surface area contributed by atoms with Gasteiger partial charge in [0.05, 0.1) is 0 Å². The van der Waals surface area contributed by atoms with Gasteiger partial charge in [0.15, 0.2) is 11.5 Å². The summed E-state index contributed by atoms with van der Waals surface area (Å²) in [6.45, 7) is 8.10. The molecule has 0 radical (unpaired) electrons. The number of hydrogen-bond acceptors (Lipinski definition) is 6. The predicted molar refractivity (Wildman–Crippen MR) is 107 cm³/mol. The first kappa shape index (κ1) is 19.1. The molecule has 0 aliphatic carbocycles. The predicted octanol–water partition coefficient (Wildman–Crippen LogP) is 2.28. The lowest BCUT2D eigenvalue weighted by atomic mass is 10.1. The van der Waals surface area contributed by atoms with Gasteiger partial charge in [0.2, 0.25) is 6.79 Å². The molecule has 2 aromatic carbocycles. The van der Waals surface area contributed by atoms with E-state index in [-0.39, 0.29) is 0 Å². The van der Waals surface area contributed by atoms with E-state index in [1.54, 1.807) is 0 Å². The van der Waals surface area contributed by atoms with Crippen molar-refractivity contribution in [2.24, 2.45) is 0 Å². The first-order valence-corrected chi connectivity index (χ1v) is 9.86. The summed E-state index contributed by atoms with van der Waals surface area (Å²) in [6.07, 6.45) is -0.485. The van der Waals surface area contributed by atoms with E-state index >= 15 is 0 Å². The molecule has 0 aromatic heterocycles. The fourth-order valence-corrected chi connectivity index (χ4v) is 3.61. The van der Waals surface area contributed by atoms with E-state index in [4.69, 9.17) is 14.2 Å². The molecule has 1 fully saturated rings. The molecule has 2 aliphatic heterocycles. The Kier molecular flexibility index (Phi) is 6.00. The normalized spacial score (nSPS) is 18.2. The van der Waals surface area contributed by atoms with Gasteiger partial charge in [0.1, 0.15) is 18.5 Å². The van der Waals surface area contributed by atoms with Gasteiger partial charge < -0.3 is 19.3 Å². The van der Waals surface area contributed by atoms with Crippen molar-refractivity contribution in [3.8, 4) is 17.2 Å². The molecule has 2 aliphatic rings. The Morgan fingerprint density at radius 2 is 1.68 bits per heavy atom. The van der Waals surface area contributed by atoms with Crippen molar-refractivity contribution in [3.63, 3.8) is 0 Å². The summed E-state index contributed by atoms with van der Waals surface area (Å²) in [4.78, 5) is 4.74. The van der Waals surface area contributed by atoms with Crippen LogP contribution in [0.5, 0.6) is 17.2 Å². The number of rotatable bonds is 7. The van der Waals surface area contributed by atoms with Crippen molar-refractivity contribution in [2.75, 3.05) is 46.1 Å². The molecule has 4 rings (SSSR count). The highest BCUT2D eigenvalue weighted by molar-refractivity contribution is 5.44. The quantitative estimate of drug-likeness (QED) is 0.791. The molecule has 0 spiro atoms. The van der Waals surface area contributed by atoms with Gasteiger partial charge in [-0.25, -0.2) is 0 Å². The third-order valence-corrected chi connectivity index (χ3v) is 5.24. The minimum absolute atomic E-state index is 0.313. The van der Waals surface area contributed by atoms with Gasteiger partial charge in [-0.1, -0.05) is 23.8 Å². The van der Waals surface area contributed by atoms with Gasteiger partial charge in [0, 0.05) is 39.3 Å². The Morgan fingerprint density at radius 3 is 2.46 bits per heavy atom. The summed E-state index contributed by atoms with van der Waals surface area (Å²) < 4.78 is 16.5. The number of aryl methyl sites for hydroxylation is 1. The average Bonchev–Trinajstić information content (AvgIpc) is 3.17. The van der Waals surface area contributed by atoms with Crippen molar-refractivity contribution in [3.05, 3.63) is 53.6 Å². The first-order valence-electron chi connectivity index (χ1n) is 9.86. The van der Waals surface area contributed by atoms with Gasteiger partial charge in [-0.2, -0.15) is 0 Å². The summed E-state index contributed by atoms with van der Waals surface area (Å²) in [7, 11) is 0. The topological polar surface area (TPSA) is 54.4 Å². The van der Waals surface area contributed by atoms with Crippen LogP contribution in [0.1, 0.15) is 11.1 Å². The number of nitrogens with zero attached hydrogens (tertiary/aromatic N) is 2.